The zero-order valence-electron chi connectivity index (χ0n) is 18.9. The summed E-state index contributed by atoms with van der Waals surface area (Å²) in [5, 5.41) is 2.74. The Morgan fingerprint density at radius 3 is 2.32 bits per heavy atom. The molecule has 172 valence electrons. The minimum atomic E-state index is -0.753. The molecular formula is C27H24N2O5. The highest BCUT2D eigenvalue weighted by Crippen LogP contribution is 2.31. The number of imide groups is 1. The second kappa shape index (κ2) is 9.70. The maximum atomic E-state index is 13.0. The van der Waals surface area contributed by atoms with Gasteiger partial charge in [-0.3, -0.25) is 19.3 Å². The maximum Gasteiger partial charge on any atom is 0.338 e. The highest BCUT2D eigenvalue weighted by molar-refractivity contribution is 6.22. The SMILES string of the molecule is CCc1ccccc1NC(=O)COC(=O)c1ccc2c(c1)C(=O)N([C@@H](C)c1ccccc1)C2=O. The fourth-order valence-electron chi connectivity index (χ4n) is 3.97. The van der Waals surface area contributed by atoms with E-state index in [1.54, 1.807) is 13.0 Å². The van der Waals surface area contributed by atoms with E-state index in [9.17, 15) is 19.2 Å². The number of hydrogen-bond donors (Lipinski definition) is 1. The van der Waals surface area contributed by atoms with Crippen LogP contribution in [0, 0.1) is 0 Å². The second-order valence-electron chi connectivity index (χ2n) is 7.96. The summed E-state index contributed by atoms with van der Waals surface area (Å²) in [7, 11) is 0. The lowest BCUT2D eigenvalue weighted by molar-refractivity contribution is -0.119. The molecule has 3 aromatic carbocycles. The van der Waals surface area contributed by atoms with Gasteiger partial charge in [-0.1, -0.05) is 55.5 Å². The van der Waals surface area contributed by atoms with Gasteiger partial charge in [-0.15, -0.1) is 0 Å². The number of esters is 1. The molecule has 0 aliphatic carbocycles. The van der Waals surface area contributed by atoms with E-state index in [0.29, 0.717) is 5.69 Å². The van der Waals surface area contributed by atoms with Crippen LogP contribution >= 0.6 is 0 Å². The Morgan fingerprint density at radius 1 is 0.912 bits per heavy atom. The van der Waals surface area contributed by atoms with Crippen molar-refractivity contribution in [2.75, 3.05) is 11.9 Å². The molecule has 0 saturated heterocycles. The number of amides is 3. The van der Waals surface area contributed by atoms with Crippen LogP contribution in [0.4, 0.5) is 5.69 Å². The number of fused-ring (bicyclic) bond motifs is 1. The first-order valence-corrected chi connectivity index (χ1v) is 11.0. The quantitative estimate of drug-likeness (QED) is 0.420. The van der Waals surface area contributed by atoms with Gasteiger partial charge >= 0.3 is 5.97 Å². The van der Waals surface area contributed by atoms with E-state index in [4.69, 9.17) is 4.74 Å². The molecule has 0 fully saturated rings. The van der Waals surface area contributed by atoms with E-state index >= 15 is 0 Å². The van der Waals surface area contributed by atoms with Crippen LogP contribution in [0.3, 0.4) is 0 Å². The van der Waals surface area contributed by atoms with Crippen molar-refractivity contribution in [1.82, 2.24) is 4.90 Å². The van der Waals surface area contributed by atoms with Crippen LogP contribution in [0.2, 0.25) is 0 Å². The number of hydrogen-bond acceptors (Lipinski definition) is 5. The number of nitrogens with zero attached hydrogens (tertiary/aromatic N) is 1. The molecule has 0 aromatic heterocycles. The summed E-state index contributed by atoms with van der Waals surface area (Å²) in [6, 6.07) is 20.4. The van der Waals surface area contributed by atoms with Gasteiger partial charge in [0.2, 0.25) is 0 Å². The lowest BCUT2D eigenvalue weighted by Gasteiger charge is -2.22. The number of carbonyl (C=O) groups is 4. The molecule has 7 nitrogen and oxygen atoms in total. The van der Waals surface area contributed by atoms with Crippen molar-refractivity contribution in [2.45, 2.75) is 26.3 Å². The van der Waals surface area contributed by atoms with Crippen molar-refractivity contribution >= 4 is 29.4 Å². The van der Waals surface area contributed by atoms with Gasteiger partial charge < -0.3 is 10.1 Å². The minimum absolute atomic E-state index is 0.0934. The topological polar surface area (TPSA) is 92.8 Å². The molecular weight excluding hydrogens is 432 g/mol. The molecule has 0 unspecified atom stereocenters. The number of aryl methyl sites for hydroxylation is 1. The molecule has 4 rings (SSSR count). The van der Waals surface area contributed by atoms with Gasteiger partial charge in [0.1, 0.15) is 0 Å². The Kier molecular flexibility index (Phi) is 6.54. The number of benzene rings is 3. The van der Waals surface area contributed by atoms with Crippen LogP contribution in [-0.2, 0) is 16.0 Å². The van der Waals surface area contributed by atoms with Gasteiger partial charge in [0.15, 0.2) is 6.61 Å². The number of rotatable bonds is 7. The summed E-state index contributed by atoms with van der Waals surface area (Å²) >= 11 is 0. The number of carbonyl (C=O) groups excluding carboxylic acids is 4. The predicted octanol–water partition coefficient (Wildman–Crippen LogP) is 4.40. The molecule has 0 saturated carbocycles. The van der Waals surface area contributed by atoms with E-state index in [1.807, 2.05) is 55.5 Å². The molecule has 3 aromatic rings. The number of ether oxygens (including phenoxy) is 1. The van der Waals surface area contributed by atoms with E-state index in [0.717, 1.165) is 17.5 Å². The van der Waals surface area contributed by atoms with E-state index < -0.39 is 36.3 Å². The first kappa shape index (κ1) is 22.9. The molecule has 1 aliphatic rings. The lowest BCUT2D eigenvalue weighted by Crippen LogP contribution is -2.32. The van der Waals surface area contributed by atoms with Crippen LogP contribution in [0.25, 0.3) is 0 Å². The predicted molar refractivity (Wildman–Crippen MR) is 127 cm³/mol. The molecule has 0 bridgehead atoms. The van der Waals surface area contributed by atoms with E-state index in [-0.39, 0.29) is 16.7 Å². The van der Waals surface area contributed by atoms with Crippen LogP contribution < -0.4 is 5.32 Å². The maximum absolute atomic E-state index is 13.0. The zero-order valence-corrected chi connectivity index (χ0v) is 18.9. The van der Waals surface area contributed by atoms with Gasteiger partial charge in [-0.05, 0) is 48.7 Å². The second-order valence-corrected chi connectivity index (χ2v) is 7.96. The smallest absolute Gasteiger partial charge is 0.338 e. The highest BCUT2D eigenvalue weighted by atomic mass is 16.5. The third-order valence-corrected chi connectivity index (χ3v) is 5.83. The van der Waals surface area contributed by atoms with E-state index in [2.05, 4.69) is 5.32 Å². The summed E-state index contributed by atoms with van der Waals surface area (Å²) < 4.78 is 5.14. The van der Waals surface area contributed by atoms with Crippen molar-refractivity contribution in [3.63, 3.8) is 0 Å². The van der Waals surface area contributed by atoms with Crippen molar-refractivity contribution in [1.29, 1.82) is 0 Å². The first-order valence-electron chi connectivity index (χ1n) is 11.0. The van der Waals surface area contributed by atoms with Crippen molar-refractivity contribution in [3.8, 4) is 0 Å². The molecule has 1 N–H and O–H groups in total. The summed E-state index contributed by atoms with van der Waals surface area (Å²) in [6.07, 6.45) is 0.748. The van der Waals surface area contributed by atoms with Gasteiger partial charge in [0.05, 0.1) is 22.7 Å². The van der Waals surface area contributed by atoms with Gasteiger partial charge in [-0.25, -0.2) is 4.79 Å². The molecule has 3 amide bonds. The fourth-order valence-corrected chi connectivity index (χ4v) is 3.97. The largest absolute Gasteiger partial charge is 0.452 e. The molecule has 1 aliphatic heterocycles. The summed E-state index contributed by atoms with van der Waals surface area (Å²) in [4.78, 5) is 51.9. The summed E-state index contributed by atoms with van der Waals surface area (Å²) in [5.74, 6) is -2.11. The average molecular weight is 456 g/mol. The highest BCUT2D eigenvalue weighted by Gasteiger charge is 2.39. The molecule has 0 spiro atoms. The van der Waals surface area contributed by atoms with Crippen molar-refractivity contribution < 1.29 is 23.9 Å². The Morgan fingerprint density at radius 2 is 1.59 bits per heavy atom. The first-order chi connectivity index (χ1) is 16.4. The Labute approximate surface area is 197 Å². The Bertz CT molecular complexity index is 1270. The molecule has 1 heterocycles. The van der Waals surface area contributed by atoms with E-state index in [1.165, 1.54) is 23.1 Å². The van der Waals surface area contributed by atoms with Crippen LogP contribution in [0.5, 0.6) is 0 Å². The van der Waals surface area contributed by atoms with Crippen LogP contribution in [0.1, 0.15) is 62.1 Å². The Balaban J connectivity index is 1.44. The van der Waals surface area contributed by atoms with Crippen LogP contribution in [-0.4, -0.2) is 35.2 Å². The zero-order chi connectivity index (χ0) is 24.2. The summed E-state index contributed by atoms with van der Waals surface area (Å²) in [6.45, 7) is 3.28. The molecule has 7 heteroatoms. The molecule has 0 radical (unpaired) electrons. The number of nitrogens with one attached hydrogen (secondary N) is 1. The number of para-hydroxylation sites is 1. The fraction of sp³-hybridized carbons (Fsp3) is 0.185. The average Bonchev–Trinajstić information content (AvgIpc) is 3.12. The monoisotopic (exact) mass is 456 g/mol. The number of anilines is 1. The normalized spacial score (nSPS) is 13.4. The third-order valence-electron chi connectivity index (χ3n) is 5.83. The van der Waals surface area contributed by atoms with Crippen molar-refractivity contribution in [3.05, 3.63) is 101 Å². The lowest BCUT2D eigenvalue weighted by atomic mass is 10.1. The molecule has 34 heavy (non-hydrogen) atoms. The van der Waals surface area contributed by atoms with Gasteiger partial charge in [0, 0.05) is 5.69 Å². The summed E-state index contributed by atoms with van der Waals surface area (Å²) in [5.41, 5.74) is 2.93. The third kappa shape index (κ3) is 4.45. The van der Waals surface area contributed by atoms with Gasteiger partial charge in [0.25, 0.3) is 17.7 Å². The minimum Gasteiger partial charge on any atom is -0.452 e. The van der Waals surface area contributed by atoms with Gasteiger partial charge in [-0.2, -0.15) is 0 Å². The molecule has 1 atom stereocenters. The van der Waals surface area contributed by atoms with Crippen LogP contribution in [0.15, 0.2) is 72.8 Å². The standard InChI is InChI=1S/C27H24N2O5/c1-3-18-9-7-8-12-23(18)28-24(30)16-34-27(33)20-13-14-21-22(15-20)26(32)29(25(21)31)17(2)19-10-5-4-6-11-19/h4-15,17H,3,16H2,1-2H3,(H,28,30)/t17-/m0/s1. The Hall–Kier alpha value is -4.26. The van der Waals surface area contributed by atoms with Crippen molar-refractivity contribution in [2.24, 2.45) is 0 Å².